The molecular weight excluding hydrogens is 442 g/mol. The van der Waals surface area contributed by atoms with E-state index in [4.69, 9.17) is 9.15 Å². The maximum atomic E-state index is 12.3. The van der Waals surface area contributed by atoms with Crippen molar-refractivity contribution in [2.45, 2.75) is 11.7 Å². The molecule has 9 nitrogen and oxygen atoms in total. The Morgan fingerprint density at radius 1 is 1.03 bits per heavy atom. The molecule has 0 aliphatic heterocycles. The smallest absolute Gasteiger partial charge is 0.321 e. The van der Waals surface area contributed by atoms with Gasteiger partial charge in [-0.25, -0.2) is 4.79 Å². The van der Waals surface area contributed by atoms with Crippen LogP contribution in [0.5, 0.6) is 5.75 Å². The molecule has 0 atom stereocenters. The Balaban J connectivity index is 1.49. The van der Waals surface area contributed by atoms with Gasteiger partial charge < -0.3 is 14.5 Å². The summed E-state index contributed by atoms with van der Waals surface area (Å²) in [6, 6.07) is 19.9. The van der Waals surface area contributed by atoms with Crippen LogP contribution in [0.2, 0.25) is 0 Å². The molecule has 0 aliphatic rings. The minimum Gasteiger partial charge on any atom is -0.496 e. The predicted octanol–water partition coefficient (Wildman–Crippen LogP) is 3.65. The molecule has 4 rings (SSSR count). The number of furan rings is 1. The number of carbonyl (C=O) groups is 2. The number of para-hydroxylation sites is 2. The van der Waals surface area contributed by atoms with E-state index in [9.17, 15) is 9.59 Å². The van der Waals surface area contributed by atoms with Crippen LogP contribution in [0, 0.1) is 0 Å². The molecule has 3 amide bonds. The first-order valence-electron chi connectivity index (χ1n) is 10.0. The maximum Gasteiger partial charge on any atom is 0.321 e. The molecule has 0 fully saturated rings. The van der Waals surface area contributed by atoms with Crippen molar-refractivity contribution in [3.8, 4) is 22.8 Å². The zero-order valence-corrected chi connectivity index (χ0v) is 18.5. The fraction of sp³-hybridized carbons (Fsp3) is 0.130. The number of methoxy groups -OCH3 is 1. The Kier molecular flexibility index (Phi) is 7.06. The van der Waals surface area contributed by atoms with Gasteiger partial charge in [0.2, 0.25) is 5.91 Å². The lowest BCUT2D eigenvalue weighted by Crippen LogP contribution is -2.39. The summed E-state index contributed by atoms with van der Waals surface area (Å²) in [5, 5.41) is 14.0. The zero-order chi connectivity index (χ0) is 23.0. The third-order valence-electron chi connectivity index (χ3n) is 4.58. The molecule has 4 aromatic rings. The van der Waals surface area contributed by atoms with Crippen LogP contribution in [0.15, 0.2) is 82.6 Å². The summed E-state index contributed by atoms with van der Waals surface area (Å²) in [4.78, 5) is 24.3. The second-order valence-corrected chi connectivity index (χ2v) is 7.72. The van der Waals surface area contributed by atoms with E-state index in [1.807, 2.05) is 59.2 Å². The summed E-state index contributed by atoms with van der Waals surface area (Å²) in [7, 11) is 1.60. The van der Waals surface area contributed by atoms with Gasteiger partial charge in [-0.1, -0.05) is 42.1 Å². The zero-order valence-electron chi connectivity index (χ0n) is 17.7. The van der Waals surface area contributed by atoms with Crippen molar-refractivity contribution in [2.75, 3.05) is 12.9 Å². The molecule has 0 spiro atoms. The number of benzene rings is 2. The number of hydrogen-bond donors (Lipinski definition) is 2. The minimum atomic E-state index is -0.601. The number of nitrogens with zero attached hydrogens (tertiary/aromatic N) is 3. The van der Waals surface area contributed by atoms with Gasteiger partial charge in [0.05, 0.1) is 31.2 Å². The number of carbonyl (C=O) groups excluding carboxylic acids is 2. The standard InChI is InChI=1S/C23H21N5O4S/c1-31-19-12-6-5-11-18(19)21-26-27-23(28(21)16-8-3-2-4-9-16)33-15-20(29)25-22(30)24-14-17-10-7-13-32-17/h2-13H,14-15H2,1H3,(H2,24,25,29,30). The molecule has 0 saturated heterocycles. The van der Waals surface area contributed by atoms with Gasteiger partial charge in [0.25, 0.3) is 0 Å². The number of thioether (sulfide) groups is 1. The van der Waals surface area contributed by atoms with Gasteiger partial charge in [0, 0.05) is 5.69 Å². The number of amides is 3. The Labute approximate surface area is 194 Å². The molecule has 0 unspecified atom stereocenters. The van der Waals surface area contributed by atoms with Gasteiger partial charge >= 0.3 is 6.03 Å². The van der Waals surface area contributed by atoms with E-state index in [1.165, 1.54) is 18.0 Å². The summed E-state index contributed by atoms with van der Waals surface area (Å²) in [6.45, 7) is 0.184. The Bertz CT molecular complexity index is 1220. The fourth-order valence-electron chi connectivity index (χ4n) is 3.09. The summed E-state index contributed by atoms with van der Waals surface area (Å²) in [5.41, 5.74) is 1.60. The van der Waals surface area contributed by atoms with Crippen LogP contribution >= 0.6 is 11.8 Å². The molecule has 2 aromatic carbocycles. The molecule has 0 aliphatic carbocycles. The van der Waals surface area contributed by atoms with Gasteiger partial charge in [-0.2, -0.15) is 0 Å². The maximum absolute atomic E-state index is 12.3. The topological polar surface area (TPSA) is 111 Å². The number of nitrogens with one attached hydrogen (secondary N) is 2. The molecule has 10 heteroatoms. The van der Waals surface area contributed by atoms with E-state index in [0.717, 1.165) is 11.3 Å². The van der Waals surface area contributed by atoms with Crippen LogP contribution in [-0.4, -0.2) is 39.6 Å². The number of urea groups is 1. The van der Waals surface area contributed by atoms with E-state index in [1.54, 1.807) is 19.2 Å². The van der Waals surface area contributed by atoms with Crippen molar-refractivity contribution >= 4 is 23.7 Å². The minimum absolute atomic E-state index is 0.0228. The predicted molar refractivity (Wildman–Crippen MR) is 123 cm³/mol. The summed E-state index contributed by atoms with van der Waals surface area (Å²) in [5.74, 6) is 1.35. The molecular formula is C23H21N5O4S. The second kappa shape index (κ2) is 10.5. The van der Waals surface area contributed by atoms with Crippen LogP contribution in [0.25, 0.3) is 17.1 Å². The highest BCUT2D eigenvalue weighted by atomic mass is 32.2. The third kappa shape index (κ3) is 5.42. The largest absolute Gasteiger partial charge is 0.496 e. The lowest BCUT2D eigenvalue weighted by molar-refractivity contribution is -0.117. The molecule has 0 bridgehead atoms. The third-order valence-corrected chi connectivity index (χ3v) is 5.51. The van der Waals surface area contributed by atoms with Crippen LogP contribution in [0.1, 0.15) is 5.76 Å². The average molecular weight is 464 g/mol. The van der Waals surface area contributed by atoms with Crippen LogP contribution in [0.3, 0.4) is 0 Å². The molecule has 2 heterocycles. The van der Waals surface area contributed by atoms with Gasteiger partial charge in [-0.3, -0.25) is 14.7 Å². The van der Waals surface area contributed by atoms with Crippen molar-refractivity contribution in [1.82, 2.24) is 25.4 Å². The van der Waals surface area contributed by atoms with Crippen LogP contribution < -0.4 is 15.4 Å². The molecule has 0 radical (unpaired) electrons. The van der Waals surface area contributed by atoms with E-state index in [0.29, 0.717) is 22.5 Å². The number of aromatic nitrogens is 3. The summed E-state index contributed by atoms with van der Waals surface area (Å²) >= 11 is 1.17. The lowest BCUT2D eigenvalue weighted by atomic mass is 10.2. The summed E-state index contributed by atoms with van der Waals surface area (Å²) in [6.07, 6.45) is 1.51. The van der Waals surface area contributed by atoms with Gasteiger partial charge in [-0.05, 0) is 36.4 Å². The first-order chi connectivity index (χ1) is 16.2. The summed E-state index contributed by atoms with van der Waals surface area (Å²) < 4.78 is 12.5. The first-order valence-corrected chi connectivity index (χ1v) is 11.0. The first kappa shape index (κ1) is 22.2. The van der Waals surface area contributed by atoms with E-state index in [-0.39, 0.29) is 12.3 Å². The van der Waals surface area contributed by atoms with Crippen molar-refractivity contribution in [3.05, 3.63) is 78.8 Å². The molecule has 2 N–H and O–H groups in total. The molecule has 168 valence electrons. The van der Waals surface area contributed by atoms with Crippen molar-refractivity contribution < 1.29 is 18.7 Å². The van der Waals surface area contributed by atoms with E-state index in [2.05, 4.69) is 20.8 Å². The van der Waals surface area contributed by atoms with Crippen molar-refractivity contribution in [2.24, 2.45) is 0 Å². The van der Waals surface area contributed by atoms with E-state index < -0.39 is 11.9 Å². The number of imide groups is 1. The van der Waals surface area contributed by atoms with Gasteiger partial charge in [0.15, 0.2) is 11.0 Å². The Morgan fingerprint density at radius 3 is 2.58 bits per heavy atom. The second-order valence-electron chi connectivity index (χ2n) is 6.78. The Hall–Kier alpha value is -4.05. The van der Waals surface area contributed by atoms with Crippen LogP contribution in [0.4, 0.5) is 4.79 Å². The van der Waals surface area contributed by atoms with Gasteiger partial charge in [0.1, 0.15) is 11.5 Å². The molecule has 2 aromatic heterocycles. The normalized spacial score (nSPS) is 10.6. The quantitative estimate of drug-likeness (QED) is 0.384. The number of rotatable bonds is 8. The Morgan fingerprint density at radius 2 is 1.82 bits per heavy atom. The van der Waals surface area contributed by atoms with E-state index >= 15 is 0 Å². The molecule has 0 saturated carbocycles. The number of hydrogen-bond acceptors (Lipinski definition) is 7. The fourth-order valence-corrected chi connectivity index (χ4v) is 3.85. The monoisotopic (exact) mass is 463 g/mol. The lowest BCUT2D eigenvalue weighted by Gasteiger charge is -2.12. The highest BCUT2D eigenvalue weighted by molar-refractivity contribution is 7.99. The van der Waals surface area contributed by atoms with Crippen LogP contribution in [-0.2, 0) is 11.3 Å². The number of ether oxygens (including phenoxy) is 1. The average Bonchev–Trinajstić information content (AvgIpc) is 3.52. The highest BCUT2D eigenvalue weighted by Gasteiger charge is 2.20. The molecule has 33 heavy (non-hydrogen) atoms. The SMILES string of the molecule is COc1ccccc1-c1nnc(SCC(=O)NC(=O)NCc2ccco2)n1-c1ccccc1. The van der Waals surface area contributed by atoms with Crippen molar-refractivity contribution in [1.29, 1.82) is 0 Å². The highest BCUT2D eigenvalue weighted by Crippen LogP contribution is 2.33. The van der Waals surface area contributed by atoms with Gasteiger partial charge in [-0.15, -0.1) is 10.2 Å². The van der Waals surface area contributed by atoms with Crippen molar-refractivity contribution in [3.63, 3.8) is 0 Å².